The Labute approximate surface area is 184 Å². The van der Waals surface area contributed by atoms with Crippen molar-refractivity contribution in [1.29, 1.82) is 0 Å². The van der Waals surface area contributed by atoms with Crippen molar-refractivity contribution in [2.75, 3.05) is 30.4 Å². The van der Waals surface area contributed by atoms with E-state index < -0.39 is 10.5 Å². The highest BCUT2D eigenvalue weighted by Gasteiger charge is 2.33. The Balaban J connectivity index is 1.88. The van der Waals surface area contributed by atoms with E-state index in [2.05, 4.69) is 22.5 Å². The number of benzene rings is 1. The third-order valence-electron chi connectivity index (χ3n) is 7.01. The summed E-state index contributed by atoms with van der Waals surface area (Å²) in [6.07, 6.45) is 5.65. The molecule has 2 aliphatic rings. The van der Waals surface area contributed by atoms with Crippen molar-refractivity contribution in [3.05, 3.63) is 27.8 Å². The third-order valence-corrected chi connectivity index (χ3v) is 7.01. The van der Waals surface area contributed by atoms with Crippen LogP contribution in [0.15, 0.2) is 12.1 Å². The van der Waals surface area contributed by atoms with Gasteiger partial charge in [0.05, 0.1) is 21.8 Å². The van der Waals surface area contributed by atoms with Crippen LogP contribution in [0.3, 0.4) is 0 Å². The van der Waals surface area contributed by atoms with Crippen molar-refractivity contribution in [3.8, 4) is 0 Å². The average Bonchev–Trinajstić information content (AvgIpc) is 2.73. The van der Waals surface area contributed by atoms with E-state index in [1.54, 1.807) is 13.1 Å². The van der Waals surface area contributed by atoms with Gasteiger partial charge in [-0.3, -0.25) is 14.9 Å². The molecule has 1 aromatic rings. The summed E-state index contributed by atoms with van der Waals surface area (Å²) in [6.45, 7) is 7.28. The molecule has 0 bridgehead atoms. The number of nitrogens with zero attached hydrogens (tertiary/aromatic N) is 2. The van der Waals surface area contributed by atoms with Gasteiger partial charge < -0.3 is 20.6 Å². The number of anilines is 2. The van der Waals surface area contributed by atoms with Crippen LogP contribution in [-0.2, 0) is 0 Å². The fourth-order valence-corrected chi connectivity index (χ4v) is 4.87. The molecule has 1 aliphatic heterocycles. The van der Waals surface area contributed by atoms with Crippen molar-refractivity contribution >= 4 is 23.0 Å². The average molecular weight is 433 g/mol. The zero-order chi connectivity index (χ0) is 22.8. The number of carbonyl (C=O) groups excluding carboxylic acids is 1. The zero-order valence-electron chi connectivity index (χ0n) is 19.1. The van der Waals surface area contributed by atoms with E-state index in [0.717, 1.165) is 38.5 Å². The highest BCUT2D eigenvalue weighted by atomic mass is 16.6. The van der Waals surface area contributed by atoms with E-state index in [9.17, 15) is 20.0 Å². The van der Waals surface area contributed by atoms with Gasteiger partial charge in [-0.2, -0.15) is 0 Å². The fraction of sp³-hybridized carbons (Fsp3) is 0.696. The van der Waals surface area contributed by atoms with E-state index in [1.807, 2.05) is 13.8 Å². The summed E-state index contributed by atoms with van der Waals surface area (Å²) in [7, 11) is 1.65. The van der Waals surface area contributed by atoms with Gasteiger partial charge in [-0.05, 0) is 70.3 Å². The molecule has 0 aromatic heterocycles. The van der Waals surface area contributed by atoms with Crippen LogP contribution < -0.4 is 15.5 Å². The summed E-state index contributed by atoms with van der Waals surface area (Å²) < 4.78 is 0. The van der Waals surface area contributed by atoms with Gasteiger partial charge in [0, 0.05) is 32.2 Å². The summed E-state index contributed by atoms with van der Waals surface area (Å²) in [5.41, 5.74) is 0.625. The lowest BCUT2D eigenvalue weighted by Crippen LogP contribution is -2.43. The Kier molecular flexibility index (Phi) is 7.09. The predicted molar refractivity (Wildman–Crippen MR) is 123 cm³/mol. The second kappa shape index (κ2) is 9.42. The SMILES string of the molecule is CNc1cc(N2CCC(C(C)(C)O)CC2)c(C(=O)NC2CCC(C)CC2)cc1[N+](=O)[O-]. The van der Waals surface area contributed by atoms with E-state index in [0.29, 0.717) is 35.9 Å². The van der Waals surface area contributed by atoms with Gasteiger partial charge in [0.25, 0.3) is 11.6 Å². The first kappa shape index (κ1) is 23.3. The van der Waals surface area contributed by atoms with Crippen LogP contribution in [0.1, 0.15) is 69.7 Å². The molecule has 2 fully saturated rings. The Morgan fingerprint density at radius 3 is 2.29 bits per heavy atom. The lowest BCUT2D eigenvalue weighted by molar-refractivity contribution is -0.383. The first-order chi connectivity index (χ1) is 14.6. The maximum absolute atomic E-state index is 13.2. The van der Waals surface area contributed by atoms with E-state index in [1.165, 1.54) is 6.07 Å². The van der Waals surface area contributed by atoms with E-state index in [-0.39, 0.29) is 23.6 Å². The van der Waals surface area contributed by atoms with Crippen LogP contribution in [0.4, 0.5) is 17.1 Å². The third kappa shape index (κ3) is 5.47. The molecule has 172 valence electrons. The second-order valence-electron chi connectivity index (χ2n) is 9.74. The maximum atomic E-state index is 13.2. The van der Waals surface area contributed by atoms with Crippen LogP contribution in [0, 0.1) is 22.0 Å². The molecule has 1 amide bonds. The molecule has 3 N–H and O–H groups in total. The minimum absolute atomic E-state index is 0.0972. The molecule has 8 nitrogen and oxygen atoms in total. The Morgan fingerprint density at radius 2 is 1.77 bits per heavy atom. The molecule has 31 heavy (non-hydrogen) atoms. The van der Waals surface area contributed by atoms with Gasteiger partial charge in [0.2, 0.25) is 0 Å². The van der Waals surface area contributed by atoms with Crippen LogP contribution in [-0.4, -0.2) is 47.7 Å². The van der Waals surface area contributed by atoms with Gasteiger partial charge in [-0.15, -0.1) is 0 Å². The monoisotopic (exact) mass is 432 g/mol. The summed E-state index contributed by atoms with van der Waals surface area (Å²) in [6, 6.07) is 3.24. The van der Waals surface area contributed by atoms with Gasteiger partial charge >= 0.3 is 0 Å². The number of nitrogens with one attached hydrogen (secondary N) is 2. The number of carbonyl (C=O) groups is 1. The van der Waals surface area contributed by atoms with Crippen molar-refractivity contribution in [3.63, 3.8) is 0 Å². The lowest BCUT2D eigenvalue weighted by atomic mass is 9.83. The number of aliphatic hydroxyl groups is 1. The van der Waals surface area contributed by atoms with Gasteiger partial charge in [-0.25, -0.2) is 0 Å². The summed E-state index contributed by atoms with van der Waals surface area (Å²) in [5, 5.41) is 28.0. The molecule has 0 unspecified atom stereocenters. The van der Waals surface area contributed by atoms with Crippen LogP contribution >= 0.6 is 0 Å². The van der Waals surface area contributed by atoms with Gasteiger partial charge in [0.1, 0.15) is 5.69 Å². The summed E-state index contributed by atoms with van der Waals surface area (Å²) in [4.78, 5) is 26.5. The van der Waals surface area contributed by atoms with E-state index >= 15 is 0 Å². The molecule has 0 spiro atoms. The molecule has 1 heterocycles. The van der Waals surface area contributed by atoms with Crippen LogP contribution in [0.25, 0.3) is 0 Å². The molecule has 1 saturated carbocycles. The molecular formula is C23H36N4O4. The number of rotatable bonds is 6. The predicted octanol–water partition coefficient (Wildman–Crippen LogP) is 3.93. The molecular weight excluding hydrogens is 396 g/mol. The number of piperidine rings is 1. The Hall–Kier alpha value is -2.35. The van der Waals surface area contributed by atoms with Crippen molar-refractivity contribution in [2.45, 2.75) is 70.9 Å². The number of hydrogen-bond acceptors (Lipinski definition) is 6. The number of nitro benzene ring substituents is 1. The van der Waals surface area contributed by atoms with Crippen LogP contribution in [0.2, 0.25) is 0 Å². The van der Waals surface area contributed by atoms with Crippen LogP contribution in [0.5, 0.6) is 0 Å². The molecule has 0 atom stereocenters. The number of amides is 1. The standard InChI is InChI=1S/C23H36N4O4/c1-15-5-7-17(8-6-15)25-22(28)18-13-21(27(30)31)19(24-4)14-20(18)26-11-9-16(10-12-26)23(2,3)29/h13-17,24,29H,5-12H2,1-4H3,(H,25,28). The molecule has 0 radical (unpaired) electrons. The molecule has 1 aliphatic carbocycles. The van der Waals surface area contributed by atoms with Gasteiger partial charge in [0.15, 0.2) is 0 Å². The molecule has 1 saturated heterocycles. The van der Waals surface area contributed by atoms with Gasteiger partial charge in [-0.1, -0.05) is 6.92 Å². The molecule has 3 rings (SSSR count). The van der Waals surface area contributed by atoms with Crippen molar-refractivity contribution in [1.82, 2.24) is 5.32 Å². The Morgan fingerprint density at radius 1 is 1.16 bits per heavy atom. The normalized spacial score (nSPS) is 22.8. The smallest absolute Gasteiger partial charge is 0.293 e. The first-order valence-electron chi connectivity index (χ1n) is 11.4. The molecule has 1 aromatic carbocycles. The fourth-order valence-electron chi connectivity index (χ4n) is 4.87. The summed E-state index contributed by atoms with van der Waals surface area (Å²) >= 11 is 0. The summed E-state index contributed by atoms with van der Waals surface area (Å²) in [5.74, 6) is 0.619. The Bertz CT molecular complexity index is 805. The van der Waals surface area contributed by atoms with Crippen molar-refractivity contribution < 1.29 is 14.8 Å². The lowest BCUT2D eigenvalue weighted by Gasteiger charge is -2.39. The largest absolute Gasteiger partial charge is 0.390 e. The minimum Gasteiger partial charge on any atom is -0.390 e. The van der Waals surface area contributed by atoms with Crippen molar-refractivity contribution in [2.24, 2.45) is 11.8 Å². The first-order valence-corrected chi connectivity index (χ1v) is 11.4. The number of nitro groups is 1. The van der Waals surface area contributed by atoms with E-state index in [4.69, 9.17) is 0 Å². The minimum atomic E-state index is -0.740. The topological polar surface area (TPSA) is 108 Å². The molecule has 8 heteroatoms. The highest BCUT2D eigenvalue weighted by molar-refractivity contribution is 6.02. The highest BCUT2D eigenvalue weighted by Crippen LogP contribution is 2.37. The maximum Gasteiger partial charge on any atom is 0.293 e. The quantitative estimate of drug-likeness (QED) is 0.464. The zero-order valence-corrected chi connectivity index (χ0v) is 19.1. The number of hydrogen-bond donors (Lipinski definition) is 3. The second-order valence-corrected chi connectivity index (χ2v) is 9.74.